The highest BCUT2D eigenvalue weighted by molar-refractivity contribution is 5.93. The summed E-state index contributed by atoms with van der Waals surface area (Å²) in [6, 6.07) is 12.1. The number of ether oxygens (including phenoxy) is 2. The molecule has 0 aliphatic heterocycles. The molecule has 6 nitrogen and oxygen atoms in total. The summed E-state index contributed by atoms with van der Waals surface area (Å²) in [5, 5.41) is 2.53. The molecular formula is C20H20FNO5. The second-order valence-corrected chi connectivity index (χ2v) is 5.84. The molecule has 0 heterocycles. The number of carbonyl (C=O) groups is 3. The molecule has 1 amide bonds. The van der Waals surface area contributed by atoms with Gasteiger partial charge in [0, 0.05) is 6.07 Å². The van der Waals surface area contributed by atoms with Gasteiger partial charge in [0.2, 0.25) is 0 Å². The minimum atomic E-state index is -0.979. The number of rotatable bonds is 8. The minimum absolute atomic E-state index is 0.222. The molecule has 0 aromatic heterocycles. The predicted octanol–water partition coefficient (Wildman–Crippen LogP) is 2.31. The number of benzene rings is 2. The summed E-state index contributed by atoms with van der Waals surface area (Å²) in [6.07, 6.45) is 0.322. The standard InChI is InChI=1S/C20H20FNO5/c1-13(23)18(10-14-6-4-3-5-7-14)22-19(24)12-27-20(25)16-9-8-15(26-2)11-17(16)21/h3-9,11,18H,10,12H2,1-2H3,(H,22,24)/t18-/m1/s1. The van der Waals surface area contributed by atoms with Crippen molar-refractivity contribution in [3.63, 3.8) is 0 Å². The van der Waals surface area contributed by atoms with Crippen LogP contribution in [0.2, 0.25) is 0 Å². The Hall–Kier alpha value is -3.22. The second-order valence-electron chi connectivity index (χ2n) is 5.84. The van der Waals surface area contributed by atoms with Crippen LogP contribution in [-0.4, -0.2) is 37.4 Å². The van der Waals surface area contributed by atoms with Gasteiger partial charge in [-0.1, -0.05) is 30.3 Å². The number of carbonyl (C=O) groups excluding carboxylic acids is 3. The number of ketones is 1. The predicted molar refractivity (Wildman–Crippen MR) is 96.0 cm³/mol. The smallest absolute Gasteiger partial charge is 0.341 e. The molecule has 0 spiro atoms. The molecule has 7 heteroatoms. The van der Waals surface area contributed by atoms with Gasteiger partial charge < -0.3 is 14.8 Å². The van der Waals surface area contributed by atoms with Gasteiger partial charge in [-0.25, -0.2) is 9.18 Å². The Labute approximate surface area is 156 Å². The zero-order valence-electron chi connectivity index (χ0n) is 15.0. The molecule has 0 unspecified atom stereocenters. The summed E-state index contributed by atoms with van der Waals surface area (Å²) in [5.74, 6) is -2.40. The Morgan fingerprint density at radius 2 is 1.81 bits per heavy atom. The number of amides is 1. The fourth-order valence-electron chi connectivity index (χ4n) is 2.38. The van der Waals surface area contributed by atoms with Crippen LogP contribution in [0, 0.1) is 5.82 Å². The van der Waals surface area contributed by atoms with E-state index in [1.165, 1.54) is 26.2 Å². The van der Waals surface area contributed by atoms with Crippen LogP contribution in [0.15, 0.2) is 48.5 Å². The monoisotopic (exact) mass is 373 g/mol. The zero-order valence-corrected chi connectivity index (χ0v) is 15.0. The molecule has 2 rings (SSSR count). The van der Waals surface area contributed by atoms with E-state index in [9.17, 15) is 18.8 Å². The zero-order chi connectivity index (χ0) is 19.8. The molecule has 0 fully saturated rings. The van der Waals surface area contributed by atoms with Gasteiger partial charge in [0.15, 0.2) is 12.4 Å². The van der Waals surface area contributed by atoms with Gasteiger partial charge in [-0.15, -0.1) is 0 Å². The minimum Gasteiger partial charge on any atom is -0.497 e. The number of hydrogen-bond donors (Lipinski definition) is 1. The van der Waals surface area contributed by atoms with E-state index in [-0.39, 0.29) is 17.1 Å². The van der Waals surface area contributed by atoms with Crippen LogP contribution in [0.5, 0.6) is 5.75 Å². The van der Waals surface area contributed by atoms with E-state index < -0.39 is 30.3 Å². The number of methoxy groups -OCH3 is 1. The van der Waals surface area contributed by atoms with E-state index in [2.05, 4.69) is 5.32 Å². The van der Waals surface area contributed by atoms with Gasteiger partial charge in [0.25, 0.3) is 5.91 Å². The Bertz CT molecular complexity index is 822. The highest BCUT2D eigenvalue weighted by Gasteiger charge is 2.20. The van der Waals surface area contributed by atoms with Crippen molar-refractivity contribution < 1.29 is 28.2 Å². The molecule has 142 valence electrons. The molecule has 27 heavy (non-hydrogen) atoms. The van der Waals surface area contributed by atoms with Gasteiger partial charge in [-0.05, 0) is 31.0 Å². The molecule has 1 N–H and O–H groups in total. The van der Waals surface area contributed by atoms with Crippen molar-refractivity contribution in [3.05, 3.63) is 65.5 Å². The first-order valence-corrected chi connectivity index (χ1v) is 8.25. The van der Waals surface area contributed by atoms with Crippen LogP contribution in [-0.2, 0) is 20.7 Å². The third-order valence-electron chi connectivity index (χ3n) is 3.84. The van der Waals surface area contributed by atoms with Gasteiger partial charge in [0.05, 0.1) is 18.7 Å². The van der Waals surface area contributed by atoms with Crippen molar-refractivity contribution in [2.45, 2.75) is 19.4 Å². The third kappa shape index (κ3) is 5.91. The third-order valence-corrected chi connectivity index (χ3v) is 3.84. The van der Waals surface area contributed by atoms with Crippen LogP contribution in [0.3, 0.4) is 0 Å². The average Bonchev–Trinajstić information content (AvgIpc) is 2.66. The van der Waals surface area contributed by atoms with Gasteiger partial charge >= 0.3 is 5.97 Å². The Balaban J connectivity index is 1.92. The number of hydrogen-bond acceptors (Lipinski definition) is 5. The van der Waals surface area contributed by atoms with Crippen LogP contribution in [0.25, 0.3) is 0 Å². The first-order chi connectivity index (χ1) is 12.9. The highest BCUT2D eigenvalue weighted by atomic mass is 19.1. The van der Waals surface area contributed by atoms with E-state index >= 15 is 0 Å². The van der Waals surface area contributed by atoms with Gasteiger partial charge in [0.1, 0.15) is 11.6 Å². The lowest BCUT2D eigenvalue weighted by atomic mass is 10.0. The highest BCUT2D eigenvalue weighted by Crippen LogP contribution is 2.17. The summed E-state index contributed by atoms with van der Waals surface area (Å²) in [7, 11) is 1.37. The van der Waals surface area contributed by atoms with Gasteiger partial charge in [-0.3, -0.25) is 9.59 Å². The van der Waals surface area contributed by atoms with Crippen LogP contribution >= 0.6 is 0 Å². The lowest BCUT2D eigenvalue weighted by Crippen LogP contribution is -2.43. The summed E-state index contributed by atoms with van der Waals surface area (Å²) < 4.78 is 23.5. The second kappa shape index (κ2) is 9.47. The topological polar surface area (TPSA) is 81.7 Å². The molecule has 2 aromatic rings. The average molecular weight is 373 g/mol. The van der Waals surface area contributed by atoms with Crippen LogP contribution in [0.1, 0.15) is 22.8 Å². The van der Waals surface area contributed by atoms with Crippen molar-refractivity contribution >= 4 is 17.7 Å². The maximum Gasteiger partial charge on any atom is 0.341 e. The number of halogens is 1. The van der Waals surface area contributed by atoms with Crippen LogP contribution < -0.4 is 10.1 Å². The lowest BCUT2D eigenvalue weighted by Gasteiger charge is -2.16. The van der Waals surface area contributed by atoms with E-state index in [1.54, 1.807) is 0 Å². The van der Waals surface area contributed by atoms with E-state index in [4.69, 9.17) is 9.47 Å². The molecule has 0 aliphatic carbocycles. The number of esters is 1. The van der Waals surface area contributed by atoms with Crippen molar-refractivity contribution in [1.29, 1.82) is 0 Å². The Morgan fingerprint density at radius 1 is 1.11 bits per heavy atom. The normalized spacial score (nSPS) is 11.4. The molecule has 0 aliphatic rings. The maximum atomic E-state index is 13.8. The fraction of sp³-hybridized carbons (Fsp3) is 0.250. The first-order valence-electron chi connectivity index (χ1n) is 8.25. The van der Waals surface area contributed by atoms with Crippen LogP contribution in [0.4, 0.5) is 4.39 Å². The SMILES string of the molecule is COc1ccc(C(=O)OCC(=O)N[C@H](Cc2ccccc2)C(C)=O)c(F)c1. The molecule has 1 atom stereocenters. The fourth-order valence-corrected chi connectivity index (χ4v) is 2.38. The van der Waals surface area contributed by atoms with Crippen molar-refractivity contribution in [2.75, 3.05) is 13.7 Å². The summed E-state index contributed by atoms with van der Waals surface area (Å²) in [5.41, 5.74) is 0.575. The summed E-state index contributed by atoms with van der Waals surface area (Å²) >= 11 is 0. The van der Waals surface area contributed by atoms with Crippen molar-refractivity contribution in [2.24, 2.45) is 0 Å². The number of nitrogens with one attached hydrogen (secondary N) is 1. The molecule has 0 bridgehead atoms. The first kappa shape index (κ1) is 20.1. The largest absolute Gasteiger partial charge is 0.497 e. The molecule has 0 saturated carbocycles. The summed E-state index contributed by atoms with van der Waals surface area (Å²) in [6.45, 7) is 0.746. The molecule has 0 radical (unpaired) electrons. The summed E-state index contributed by atoms with van der Waals surface area (Å²) in [4.78, 5) is 35.7. The molecule has 0 saturated heterocycles. The maximum absolute atomic E-state index is 13.8. The molecule has 2 aromatic carbocycles. The van der Waals surface area contributed by atoms with E-state index in [0.29, 0.717) is 6.42 Å². The Kier molecular flexibility index (Phi) is 7.05. The molecular weight excluding hydrogens is 353 g/mol. The van der Waals surface area contributed by atoms with E-state index in [0.717, 1.165) is 11.6 Å². The van der Waals surface area contributed by atoms with Crippen molar-refractivity contribution in [1.82, 2.24) is 5.32 Å². The lowest BCUT2D eigenvalue weighted by molar-refractivity contribution is -0.128. The van der Waals surface area contributed by atoms with Crippen molar-refractivity contribution in [3.8, 4) is 5.75 Å². The van der Waals surface area contributed by atoms with Gasteiger partial charge in [-0.2, -0.15) is 0 Å². The Morgan fingerprint density at radius 3 is 2.41 bits per heavy atom. The quantitative estimate of drug-likeness (QED) is 0.718. The number of Topliss-reactive ketones (excluding diaryl/α,β-unsaturated/α-hetero) is 1. The van der Waals surface area contributed by atoms with E-state index in [1.807, 2.05) is 30.3 Å².